The number of carbonyl (C=O) groups excluding carboxylic acids is 1. The van der Waals surface area contributed by atoms with Gasteiger partial charge in [-0.15, -0.1) is 0 Å². The van der Waals surface area contributed by atoms with Crippen molar-refractivity contribution < 1.29 is 9.53 Å². The number of unbranched alkanes of at least 4 members (excludes halogenated alkanes) is 2. The van der Waals surface area contributed by atoms with Crippen LogP contribution in [0.25, 0.3) is 0 Å². The summed E-state index contributed by atoms with van der Waals surface area (Å²) < 4.78 is 5.77. The molecule has 0 saturated carbocycles. The maximum Gasteiger partial charge on any atom is 0.136 e. The van der Waals surface area contributed by atoms with Crippen molar-refractivity contribution in [3.05, 3.63) is 0 Å². The molecule has 1 aliphatic heterocycles. The fourth-order valence-electron chi connectivity index (χ4n) is 2.40. The van der Waals surface area contributed by atoms with E-state index in [1.807, 2.05) is 0 Å². The molecule has 0 unspecified atom stereocenters. The molecule has 0 N–H and O–H groups in total. The minimum absolute atomic E-state index is 0.0522. The van der Waals surface area contributed by atoms with Crippen molar-refractivity contribution in [1.29, 1.82) is 0 Å². The maximum atomic E-state index is 12.0. The Kier molecular flexibility index (Phi) is 5.47. The Balaban J connectivity index is 2.38. The van der Waals surface area contributed by atoms with E-state index >= 15 is 0 Å². The zero-order valence-electron chi connectivity index (χ0n) is 11.1. The van der Waals surface area contributed by atoms with E-state index < -0.39 is 0 Å². The Morgan fingerprint density at radius 3 is 2.75 bits per heavy atom. The molecule has 0 bridgehead atoms. The van der Waals surface area contributed by atoms with E-state index in [0.717, 1.165) is 38.7 Å². The van der Waals surface area contributed by atoms with Crippen molar-refractivity contribution >= 4 is 5.78 Å². The van der Waals surface area contributed by atoms with E-state index in [1.54, 1.807) is 0 Å². The average molecular weight is 226 g/mol. The van der Waals surface area contributed by atoms with Crippen LogP contribution in [0.3, 0.4) is 0 Å². The van der Waals surface area contributed by atoms with Crippen LogP contribution in [0.5, 0.6) is 0 Å². The smallest absolute Gasteiger partial charge is 0.136 e. The highest BCUT2D eigenvalue weighted by atomic mass is 16.5. The third kappa shape index (κ3) is 3.89. The Bertz CT molecular complexity index is 225. The molecule has 16 heavy (non-hydrogen) atoms. The van der Waals surface area contributed by atoms with Crippen molar-refractivity contribution in [3.8, 4) is 0 Å². The van der Waals surface area contributed by atoms with Crippen molar-refractivity contribution in [1.82, 2.24) is 0 Å². The Labute approximate surface area is 99.8 Å². The van der Waals surface area contributed by atoms with Crippen LogP contribution in [-0.2, 0) is 9.53 Å². The summed E-state index contributed by atoms with van der Waals surface area (Å²) >= 11 is 0. The zero-order chi connectivity index (χ0) is 12.0. The van der Waals surface area contributed by atoms with Crippen LogP contribution in [0.2, 0.25) is 0 Å². The predicted octanol–water partition coefficient (Wildman–Crippen LogP) is 3.73. The molecule has 0 spiro atoms. The summed E-state index contributed by atoms with van der Waals surface area (Å²) in [7, 11) is 0. The van der Waals surface area contributed by atoms with Gasteiger partial charge in [-0.1, -0.05) is 26.7 Å². The van der Waals surface area contributed by atoms with Gasteiger partial charge in [0.15, 0.2) is 0 Å². The number of hydrogen-bond acceptors (Lipinski definition) is 2. The monoisotopic (exact) mass is 226 g/mol. The molecule has 94 valence electrons. The van der Waals surface area contributed by atoms with Crippen LogP contribution < -0.4 is 0 Å². The van der Waals surface area contributed by atoms with Gasteiger partial charge in [0.2, 0.25) is 0 Å². The van der Waals surface area contributed by atoms with Crippen LogP contribution in [0.1, 0.15) is 65.7 Å². The highest BCUT2D eigenvalue weighted by Crippen LogP contribution is 2.32. The molecule has 0 aromatic heterocycles. The number of ketones is 1. The average Bonchev–Trinajstić information content (AvgIpc) is 2.29. The Hall–Kier alpha value is -0.370. The fraction of sp³-hybridized carbons (Fsp3) is 0.929. The maximum absolute atomic E-state index is 12.0. The first-order valence-corrected chi connectivity index (χ1v) is 6.78. The van der Waals surface area contributed by atoms with Gasteiger partial charge in [-0.2, -0.15) is 0 Å². The molecule has 2 heteroatoms. The van der Waals surface area contributed by atoms with Crippen LogP contribution in [0.15, 0.2) is 0 Å². The van der Waals surface area contributed by atoms with Crippen molar-refractivity contribution in [2.24, 2.45) is 5.92 Å². The lowest BCUT2D eigenvalue weighted by Crippen LogP contribution is -2.39. The molecule has 1 heterocycles. The van der Waals surface area contributed by atoms with E-state index in [-0.39, 0.29) is 11.5 Å². The molecule has 1 fully saturated rings. The number of hydrogen-bond donors (Lipinski definition) is 0. The molecule has 0 aromatic carbocycles. The molecule has 1 saturated heterocycles. The Morgan fingerprint density at radius 1 is 1.38 bits per heavy atom. The van der Waals surface area contributed by atoms with Crippen LogP contribution in [0.4, 0.5) is 0 Å². The van der Waals surface area contributed by atoms with E-state index in [2.05, 4.69) is 20.8 Å². The highest BCUT2D eigenvalue weighted by Gasteiger charge is 2.34. The molecule has 1 aliphatic rings. The van der Waals surface area contributed by atoms with Gasteiger partial charge < -0.3 is 4.74 Å². The van der Waals surface area contributed by atoms with Crippen molar-refractivity contribution in [3.63, 3.8) is 0 Å². The minimum atomic E-state index is -0.0522. The standard InChI is InChI=1S/C14H26O2/c1-4-6-7-8-13(15)12-9-10-16-14(3,5-2)11-12/h12H,4-11H2,1-3H3/t12-,14+/m0/s1. The van der Waals surface area contributed by atoms with Gasteiger partial charge in [0.25, 0.3) is 0 Å². The molecular weight excluding hydrogens is 200 g/mol. The minimum Gasteiger partial charge on any atom is -0.375 e. The number of ether oxygens (including phenoxy) is 1. The van der Waals surface area contributed by atoms with Gasteiger partial charge in [0, 0.05) is 18.9 Å². The lowest BCUT2D eigenvalue weighted by Gasteiger charge is -2.37. The molecule has 0 amide bonds. The molecular formula is C14H26O2. The third-order valence-electron chi connectivity index (χ3n) is 3.82. The van der Waals surface area contributed by atoms with Gasteiger partial charge in [-0.25, -0.2) is 0 Å². The second kappa shape index (κ2) is 6.39. The topological polar surface area (TPSA) is 26.3 Å². The first-order chi connectivity index (χ1) is 7.61. The van der Waals surface area contributed by atoms with Crippen molar-refractivity contribution in [2.75, 3.05) is 6.61 Å². The van der Waals surface area contributed by atoms with Crippen LogP contribution in [-0.4, -0.2) is 18.0 Å². The van der Waals surface area contributed by atoms with E-state index in [4.69, 9.17) is 4.74 Å². The molecule has 1 rings (SSSR count). The van der Waals surface area contributed by atoms with Gasteiger partial charge in [-0.3, -0.25) is 4.79 Å². The first-order valence-electron chi connectivity index (χ1n) is 6.78. The van der Waals surface area contributed by atoms with Gasteiger partial charge in [0.1, 0.15) is 5.78 Å². The second-order valence-electron chi connectivity index (χ2n) is 5.27. The third-order valence-corrected chi connectivity index (χ3v) is 3.82. The second-order valence-corrected chi connectivity index (χ2v) is 5.27. The van der Waals surface area contributed by atoms with Crippen LogP contribution in [0, 0.1) is 5.92 Å². The lowest BCUT2D eigenvalue weighted by atomic mass is 9.82. The fourth-order valence-corrected chi connectivity index (χ4v) is 2.40. The van der Waals surface area contributed by atoms with Crippen LogP contribution >= 0.6 is 0 Å². The number of rotatable bonds is 6. The summed E-state index contributed by atoms with van der Waals surface area (Å²) in [4.78, 5) is 12.0. The largest absolute Gasteiger partial charge is 0.375 e. The molecule has 0 aliphatic carbocycles. The molecule has 2 nitrogen and oxygen atoms in total. The first kappa shape index (κ1) is 13.7. The molecule has 0 aromatic rings. The molecule has 2 atom stereocenters. The Morgan fingerprint density at radius 2 is 2.12 bits per heavy atom. The van der Waals surface area contributed by atoms with Crippen molar-refractivity contribution in [2.45, 2.75) is 71.3 Å². The van der Waals surface area contributed by atoms with Gasteiger partial charge >= 0.3 is 0 Å². The number of Topliss-reactive ketones (excluding diaryl/α,β-unsaturated/α-hetero) is 1. The molecule has 0 radical (unpaired) electrons. The summed E-state index contributed by atoms with van der Waals surface area (Å²) in [5, 5.41) is 0. The quantitative estimate of drug-likeness (QED) is 0.645. The van der Waals surface area contributed by atoms with Gasteiger partial charge in [-0.05, 0) is 32.6 Å². The SMILES string of the molecule is CCCCCC(=O)[C@H]1CCO[C@](C)(CC)C1. The lowest BCUT2D eigenvalue weighted by molar-refractivity contribution is -0.135. The summed E-state index contributed by atoms with van der Waals surface area (Å²) in [6.45, 7) is 7.21. The summed E-state index contributed by atoms with van der Waals surface area (Å²) in [6.07, 6.45) is 7.07. The van der Waals surface area contributed by atoms with E-state index in [1.165, 1.54) is 12.8 Å². The summed E-state index contributed by atoms with van der Waals surface area (Å²) in [5.74, 6) is 0.729. The normalized spacial score (nSPS) is 30.3. The summed E-state index contributed by atoms with van der Waals surface area (Å²) in [5.41, 5.74) is -0.0522. The van der Waals surface area contributed by atoms with E-state index in [0.29, 0.717) is 5.78 Å². The van der Waals surface area contributed by atoms with E-state index in [9.17, 15) is 4.79 Å². The summed E-state index contributed by atoms with van der Waals surface area (Å²) in [6, 6.07) is 0. The predicted molar refractivity (Wildman–Crippen MR) is 66.5 cm³/mol. The number of carbonyl (C=O) groups is 1. The highest BCUT2D eigenvalue weighted by molar-refractivity contribution is 5.81. The zero-order valence-corrected chi connectivity index (χ0v) is 11.1. The van der Waals surface area contributed by atoms with Gasteiger partial charge in [0.05, 0.1) is 5.60 Å².